The van der Waals surface area contributed by atoms with Gasteiger partial charge in [-0.1, -0.05) is 23.2 Å². The minimum absolute atomic E-state index is 0.157. The van der Waals surface area contributed by atoms with E-state index in [2.05, 4.69) is 38.3 Å². The molecule has 10 heteroatoms. The molecule has 2 heterocycles. The molecule has 7 nitrogen and oxygen atoms in total. The van der Waals surface area contributed by atoms with Crippen LogP contribution in [0.25, 0.3) is 5.82 Å². The Bertz CT molecular complexity index is 1080. The normalized spacial score (nSPS) is 10.6. The zero-order chi connectivity index (χ0) is 20.4. The molecule has 144 valence electrons. The standard InChI is InChI=1S/C18H14Cl2IN5O2/c1-9-5-10(19)6-12(17(27)25-22)15(9)24-18(28)14-7-11(21)8-26(14)16-13(20)3-2-4-23-16/h2-8H,22H2,1H3,(H,24,28)(H,25,27). The van der Waals surface area contributed by atoms with Gasteiger partial charge in [0.2, 0.25) is 0 Å². The number of aromatic nitrogens is 2. The Morgan fingerprint density at radius 2 is 1.96 bits per heavy atom. The van der Waals surface area contributed by atoms with Crippen molar-refractivity contribution in [2.75, 3.05) is 5.32 Å². The quantitative estimate of drug-likeness (QED) is 0.206. The summed E-state index contributed by atoms with van der Waals surface area (Å²) in [6.07, 6.45) is 3.33. The van der Waals surface area contributed by atoms with Gasteiger partial charge in [0.15, 0.2) is 5.82 Å². The number of rotatable bonds is 4. The maximum atomic E-state index is 13.0. The lowest BCUT2D eigenvalue weighted by atomic mass is 10.1. The summed E-state index contributed by atoms with van der Waals surface area (Å²) in [5, 5.41) is 3.52. The van der Waals surface area contributed by atoms with Crippen molar-refractivity contribution in [2.24, 2.45) is 5.84 Å². The Morgan fingerprint density at radius 1 is 1.21 bits per heavy atom. The molecule has 0 radical (unpaired) electrons. The highest BCUT2D eigenvalue weighted by Crippen LogP contribution is 2.27. The maximum absolute atomic E-state index is 13.0. The molecule has 4 N–H and O–H groups in total. The monoisotopic (exact) mass is 529 g/mol. The Morgan fingerprint density at radius 3 is 2.64 bits per heavy atom. The highest BCUT2D eigenvalue weighted by molar-refractivity contribution is 14.1. The van der Waals surface area contributed by atoms with Gasteiger partial charge < -0.3 is 5.32 Å². The SMILES string of the molecule is Cc1cc(Cl)cc(C(=O)NN)c1NC(=O)c1cc(I)cn1-c1ncccc1Cl. The fourth-order valence-corrected chi connectivity index (χ4v) is 3.74. The zero-order valence-electron chi connectivity index (χ0n) is 14.5. The summed E-state index contributed by atoms with van der Waals surface area (Å²) < 4.78 is 2.41. The first kappa shape index (κ1) is 20.6. The van der Waals surface area contributed by atoms with Gasteiger partial charge in [0.05, 0.1) is 16.3 Å². The number of pyridine rings is 1. The fraction of sp³-hybridized carbons (Fsp3) is 0.0556. The third kappa shape index (κ3) is 4.14. The second-order valence-corrected chi connectivity index (χ2v) is 7.88. The van der Waals surface area contributed by atoms with E-state index in [1.165, 1.54) is 6.07 Å². The molecular formula is C18H14Cl2IN5O2. The number of carbonyl (C=O) groups is 2. The molecule has 0 aliphatic heterocycles. The third-order valence-electron chi connectivity index (χ3n) is 3.90. The minimum atomic E-state index is -0.571. The topological polar surface area (TPSA) is 102 Å². The smallest absolute Gasteiger partial charge is 0.272 e. The lowest BCUT2D eigenvalue weighted by Crippen LogP contribution is -2.31. The molecule has 0 atom stereocenters. The summed E-state index contributed by atoms with van der Waals surface area (Å²) in [7, 11) is 0. The van der Waals surface area contributed by atoms with Gasteiger partial charge in [-0.3, -0.25) is 19.6 Å². The second-order valence-electron chi connectivity index (χ2n) is 5.80. The minimum Gasteiger partial charge on any atom is -0.320 e. The molecule has 0 spiro atoms. The number of hydrazine groups is 1. The number of nitrogen functional groups attached to an aromatic ring is 1. The molecular weight excluding hydrogens is 516 g/mol. The zero-order valence-corrected chi connectivity index (χ0v) is 18.1. The van der Waals surface area contributed by atoms with Crippen LogP contribution in [0.4, 0.5) is 5.69 Å². The van der Waals surface area contributed by atoms with E-state index >= 15 is 0 Å². The lowest BCUT2D eigenvalue weighted by molar-refractivity contribution is 0.0954. The molecule has 3 rings (SSSR count). The summed E-state index contributed by atoms with van der Waals surface area (Å²) in [5.74, 6) is 4.66. The van der Waals surface area contributed by atoms with Crippen LogP contribution in [0.15, 0.2) is 42.7 Å². The van der Waals surface area contributed by atoms with Gasteiger partial charge in [0.1, 0.15) is 5.69 Å². The van der Waals surface area contributed by atoms with Crippen LogP contribution in [0.1, 0.15) is 26.4 Å². The van der Waals surface area contributed by atoms with Crippen LogP contribution >= 0.6 is 45.8 Å². The largest absolute Gasteiger partial charge is 0.320 e. The van der Waals surface area contributed by atoms with Gasteiger partial charge in [-0.15, -0.1) is 0 Å². The van der Waals surface area contributed by atoms with E-state index in [1.54, 1.807) is 48.1 Å². The lowest BCUT2D eigenvalue weighted by Gasteiger charge is -2.15. The highest BCUT2D eigenvalue weighted by atomic mass is 127. The molecule has 0 aliphatic rings. The third-order valence-corrected chi connectivity index (χ3v) is 5.00. The van der Waals surface area contributed by atoms with Crippen molar-refractivity contribution >= 4 is 63.3 Å². The van der Waals surface area contributed by atoms with Crippen LogP contribution in [0.5, 0.6) is 0 Å². The number of nitrogens with one attached hydrogen (secondary N) is 2. The van der Waals surface area contributed by atoms with Gasteiger partial charge in [-0.05, 0) is 65.4 Å². The fourth-order valence-electron chi connectivity index (χ4n) is 2.68. The molecule has 0 saturated carbocycles. The maximum Gasteiger partial charge on any atom is 0.272 e. The number of nitrogens with two attached hydrogens (primary N) is 1. The summed E-state index contributed by atoms with van der Waals surface area (Å²) in [4.78, 5) is 29.4. The molecule has 3 aromatic rings. The van der Waals surface area contributed by atoms with Gasteiger partial charge in [-0.2, -0.15) is 0 Å². The predicted octanol–water partition coefficient (Wildman–Crippen LogP) is 3.95. The van der Waals surface area contributed by atoms with Gasteiger partial charge in [0, 0.05) is 21.0 Å². The van der Waals surface area contributed by atoms with E-state index in [9.17, 15) is 9.59 Å². The van der Waals surface area contributed by atoms with Crippen molar-refractivity contribution < 1.29 is 9.59 Å². The van der Waals surface area contributed by atoms with E-state index in [1.807, 2.05) is 0 Å². The number of benzene rings is 1. The van der Waals surface area contributed by atoms with E-state index in [0.717, 1.165) is 3.57 Å². The van der Waals surface area contributed by atoms with Gasteiger partial charge in [0.25, 0.3) is 11.8 Å². The Hall–Kier alpha value is -2.14. The van der Waals surface area contributed by atoms with Crippen molar-refractivity contribution in [3.05, 3.63) is 73.2 Å². The molecule has 2 amide bonds. The first-order chi connectivity index (χ1) is 13.3. The number of halogens is 3. The van der Waals surface area contributed by atoms with Gasteiger partial charge in [-0.25, -0.2) is 10.8 Å². The predicted molar refractivity (Wildman–Crippen MR) is 117 cm³/mol. The first-order valence-electron chi connectivity index (χ1n) is 7.93. The van der Waals surface area contributed by atoms with E-state index in [-0.39, 0.29) is 5.56 Å². The summed E-state index contributed by atoms with van der Waals surface area (Å²) in [5.41, 5.74) is 3.44. The summed E-state index contributed by atoms with van der Waals surface area (Å²) in [6, 6.07) is 8.16. The summed E-state index contributed by atoms with van der Waals surface area (Å²) in [6.45, 7) is 1.73. The molecule has 2 aromatic heterocycles. The van der Waals surface area contributed by atoms with Crippen molar-refractivity contribution in [1.82, 2.24) is 15.0 Å². The molecule has 0 fully saturated rings. The van der Waals surface area contributed by atoms with E-state index in [0.29, 0.717) is 32.8 Å². The molecule has 28 heavy (non-hydrogen) atoms. The number of aryl methyl sites for hydroxylation is 1. The number of amides is 2. The van der Waals surface area contributed by atoms with Gasteiger partial charge >= 0.3 is 0 Å². The van der Waals surface area contributed by atoms with E-state index in [4.69, 9.17) is 29.0 Å². The van der Waals surface area contributed by atoms with Crippen LogP contribution in [0.3, 0.4) is 0 Å². The number of nitrogens with zero attached hydrogens (tertiary/aromatic N) is 2. The molecule has 0 saturated heterocycles. The van der Waals surface area contributed by atoms with Crippen LogP contribution < -0.4 is 16.6 Å². The average molecular weight is 530 g/mol. The number of hydrogen-bond donors (Lipinski definition) is 3. The molecule has 1 aromatic carbocycles. The molecule has 0 aliphatic carbocycles. The Kier molecular flexibility index (Phi) is 6.23. The first-order valence-corrected chi connectivity index (χ1v) is 9.76. The second kappa shape index (κ2) is 8.48. The van der Waals surface area contributed by atoms with Crippen molar-refractivity contribution in [2.45, 2.75) is 6.92 Å². The average Bonchev–Trinajstić information content (AvgIpc) is 3.05. The van der Waals surface area contributed by atoms with Crippen molar-refractivity contribution in [3.8, 4) is 5.82 Å². The number of anilines is 1. The summed E-state index contributed by atoms with van der Waals surface area (Å²) >= 11 is 14.4. The highest BCUT2D eigenvalue weighted by Gasteiger charge is 2.21. The van der Waals surface area contributed by atoms with Crippen LogP contribution in [0.2, 0.25) is 10.0 Å². The van der Waals surface area contributed by atoms with Crippen LogP contribution in [-0.2, 0) is 0 Å². The van der Waals surface area contributed by atoms with Crippen molar-refractivity contribution in [1.29, 1.82) is 0 Å². The van der Waals surface area contributed by atoms with Crippen LogP contribution in [0, 0.1) is 10.5 Å². The van der Waals surface area contributed by atoms with E-state index < -0.39 is 11.8 Å². The molecule has 0 bridgehead atoms. The Balaban J connectivity index is 2.05. The van der Waals surface area contributed by atoms with Crippen LogP contribution in [-0.4, -0.2) is 21.4 Å². The Labute approximate surface area is 184 Å². The molecule has 0 unspecified atom stereocenters. The van der Waals surface area contributed by atoms with Crippen molar-refractivity contribution in [3.63, 3.8) is 0 Å². The number of hydrogen-bond acceptors (Lipinski definition) is 4. The number of carbonyl (C=O) groups excluding carboxylic acids is 2.